The molecular weight excluding hydrogens is 216 g/mol. The molecule has 0 aliphatic carbocycles. The fourth-order valence-electron chi connectivity index (χ4n) is 3.79. The second kappa shape index (κ2) is 2.76. The van der Waals surface area contributed by atoms with Crippen LogP contribution in [-0.2, 0) is 9.59 Å². The molecule has 4 heteroatoms. The lowest BCUT2D eigenvalue weighted by molar-refractivity contribution is -0.707. The van der Waals surface area contributed by atoms with E-state index in [4.69, 9.17) is 0 Å². The van der Waals surface area contributed by atoms with Crippen LogP contribution in [0.5, 0.6) is 0 Å². The molecule has 3 aliphatic heterocycles. The summed E-state index contributed by atoms with van der Waals surface area (Å²) in [5.41, 5.74) is 2.49. The number of nitrogens with zero attached hydrogens (tertiary/aromatic N) is 1. The zero-order valence-corrected chi connectivity index (χ0v) is 9.46. The Morgan fingerprint density at radius 1 is 1.00 bits per heavy atom. The van der Waals surface area contributed by atoms with Gasteiger partial charge in [-0.25, -0.2) is 0 Å². The van der Waals surface area contributed by atoms with Crippen molar-refractivity contribution in [2.75, 3.05) is 7.05 Å². The van der Waals surface area contributed by atoms with E-state index in [1.54, 1.807) is 7.05 Å². The highest BCUT2D eigenvalue weighted by Crippen LogP contribution is 2.50. The topological polar surface area (TPSA) is 54.0 Å². The van der Waals surface area contributed by atoms with Crippen LogP contribution in [0, 0.1) is 11.8 Å². The number of likely N-dealkylation sites (tertiary alicyclic amines) is 1. The Bertz CT molecular complexity index is 507. The van der Waals surface area contributed by atoms with Gasteiger partial charge in [0, 0.05) is 18.2 Å². The zero-order valence-electron chi connectivity index (χ0n) is 9.46. The van der Waals surface area contributed by atoms with Crippen LogP contribution in [0.15, 0.2) is 24.3 Å². The molecule has 17 heavy (non-hydrogen) atoms. The summed E-state index contributed by atoms with van der Waals surface area (Å²) in [5, 5.41) is 2.20. The fourth-order valence-corrected chi connectivity index (χ4v) is 3.79. The molecule has 1 aromatic carbocycles. The average Bonchev–Trinajstić information content (AvgIpc) is 2.97. The molecule has 0 radical (unpaired) electrons. The Morgan fingerprint density at radius 2 is 1.47 bits per heavy atom. The summed E-state index contributed by atoms with van der Waals surface area (Å²) in [7, 11) is 1.60. The van der Waals surface area contributed by atoms with Crippen LogP contribution in [0.3, 0.4) is 0 Å². The third kappa shape index (κ3) is 0.894. The number of benzene rings is 1. The normalized spacial score (nSPS) is 37.6. The number of imide groups is 1. The van der Waals surface area contributed by atoms with Gasteiger partial charge in [0.25, 0.3) is 0 Å². The van der Waals surface area contributed by atoms with Gasteiger partial charge in [0.2, 0.25) is 11.8 Å². The van der Waals surface area contributed by atoms with Gasteiger partial charge in [0.15, 0.2) is 0 Å². The van der Waals surface area contributed by atoms with Gasteiger partial charge >= 0.3 is 0 Å². The molecule has 86 valence electrons. The maximum absolute atomic E-state index is 12.1. The Morgan fingerprint density at radius 3 is 1.94 bits per heavy atom. The van der Waals surface area contributed by atoms with E-state index in [2.05, 4.69) is 17.4 Å². The summed E-state index contributed by atoms with van der Waals surface area (Å²) in [6, 6.07) is 8.50. The number of nitrogens with two attached hydrogens (primary N) is 1. The zero-order chi connectivity index (χ0) is 11.7. The van der Waals surface area contributed by atoms with Crippen LogP contribution >= 0.6 is 0 Å². The Balaban J connectivity index is 1.90. The summed E-state index contributed by atoms with van der Waals surface area (Å²) in [5.74, 6) is -0.267. The molecule has 0 unspecified atom stereocenters. The Hall–Kier alpha value is -1.68. The van der Waals surface area contributed by atoms with Gasteiger partial charge in [-0.15, -0.1) is 0 Å². The van der Waals surface area contributed by atoms with Crippen LogP contribution < -0.4 is 5.32 Å². The highest BCUT2D eigenvalue weighted by Gasteiger charge is 2.65. The molecule has 3 aliphatic rings. The van der Waals surface area contributed by atoms with E-state index in [9.17, 15) is 9.59 Å². The van der Waals surface area contributed by atoms with Crippen molar-refractivity contribution in [3.8, 4) is 0 Å². The third-order valence-corrected chi connectivity index (χ3v) is 4.52. The van der Waals surface area contributed by atoms with Gasteiger partial charge < -0.3 is 5.32 Å². The first-order valence-corrected chi connectivity index (χ1v) is 5.95. The summed E-state index contributed by atoms with van der Waals surface area (Å²) < 4.78 is 0. The molecule has 3 heterocycles. The van der Waals surface area contributed by atoms with Crippen LogP contribution in [0.1, 0.15) is 23.2 Å². The first-order chi connectivity index (χ1) is 8.20. The van der Waals surface area contributed by atoms with Crippen molar-refractivity contribution in [1.82, 2.24) is 4.90 Å². The average molecular weight is 229 g/mol. The molecule has 2 fully saturated rings. The van der Waals surface area contributed by atoms with Gasteiger partial charge in [-0.1, -0.05) is 24.3 Å². The molecule has 0 aromatic heterocycles. The Labute approximate surface area is 98.6 Å². The fraction of sp³-hybridized carbons (Fsp3) is 0.385. The van der Waals surface area contributed by atoms with Gasteiger partial charge in [0.1, 0.15) is 23.9 Å². The first-order valence-electron chi connectivity index (χ1n) is 5.95. The lowest BCUT2D eigenvalue weighted by Gasteiger charge is -2.16. The van der Waals surface area contributed by atoms with Gasteiger partial charge in [-0.2, -0.15) is 0 Å². The van der Waals surface area contributed by atoms with Crippen molar-refractivity contribution >= 4 is 11.8 Å². The van der Waals surface area contributed by atoms with Gasteiger partial charge in [-0.3, -0.25) is 14.5 Å². The molecular formula is C13H13N2O2+. The number of hydrogen-bond acceptors (Lipinski definition) is 2. The quantitative estimate of drug-likeness (QED) is 0.615. The van der Waals surface area contributed by atoms with Crippen molar-refractivity contribution in [1.29, 1.82) is 0 Å². The molecule has 2 amide bonds. The van der Waals surface area contributed by atoms with Crippen molar-refractivity contribution in [3.63, 3.8) is 0 Å². The standard InChI is InChI=1S/C13H12N2O2/c1-15-12(16)8-9(13(15)17)11-7-5-3-2-4-6(7)10(8)14-11/h2-5,8-11,14H,1H3/p+1/t8-,9+,10-,11+. The Kier molecular flexibility index (Phi) is 1.52. The van der Waals surface area contributed by atoms with Crippen LogP contribution in [0.4, 0.5) is 0 Å². The number of quaternary nitrogens is 1. The lowest BCUT2D eigenvalue weighted by Crippen LogP contribution is -2.81. The van der Waals surface area contributed by atoms with Crippen molar-refractivity contribution in [2.24, 2.45) is 11.8 Å². The van der Waals surface area contributed by atoms with Gasteiger partial charge in [0.05, 0.1) is 0 Å². The predicted octanol–water partition coefficient (Wildman–Crippen LogP) is -0.410. The largest absolute Gasteiger partial charge is 0.332 e. The number of fused-ring (bicyclic) bond motifs is 8. The monoisotopic (exact) mass is 229 g/mol. The predicted molar refractivity (Wildman–Crippen MR) is 58.6 cm³/mol. The molecule has 4 atom stereocenters. The molecule has 0 spiro atoms. The minimum Gasteiger partial charge on any atom is -0.332 e. The lowest BCUT2D eigenvalue weighted by atomic mass is 9.77. The van der Waals surface area contributed by atoms with E-state index >= 15 is 0 Å². The molecule has 1 aromatic rings. The van der Waals surface area contributed by atoms with E-state index in [1.807, 2.05) is 12.1 Å². The van der Waals surface area contributed by atoms with Crippen LogP contribution in [0.25, 0.3) is 0 Å². The molecule has 2 N–H and O–H groups in total. The third-order valence-electron chi connectivity index (χ3n) is 4.52. The minimum absolute atomic E-state index is 0.00162. The molecule has 4 rings (SSSR count). The van der Waals surface area contributed by atoms with E-state index < -0.39 is 0 Å². The number of carbonyl (C=O) groups is 2. The minimum atomic E-state index is -0.132. The number of carbonyl (C=O) groups excluding carboxylic acids is 2. The summed E-state index contributed by atoms with van der Waals surface area (Å²) >= 11 is 0. The summed E-state index contributed by atoms with van der Waals surface area (Å²) in [6.07, 6.45) is 0. The summed E-state index contributed by atoms with van der Waals surface area (Å²) in [6.45, 7) is 0. The molecule has 4 nitrogen and oxygen atoms in total. The smallest absolute Gasteiger partial charge is 0.239 e. The van der Waals surface area contributed by atoms with Crippen LogP contribution in [0.2, 0.25) is 0 Å². The maximum atomic E-state index is 12.1. The van der Waals surface area contributed by atoms with Crippen molar-refractivity contribution in [3.05, 3.63) is 35.4 Å². The number of rotatable bonds is 0. The highest BCUT2D eigenvalue weighted by molar-refractivity contribution is 6.06. The number of amides is 2. The first kappa shape index (κ1) is 9.36. The van der Waals surface area contributed by atoms with Gasteiger partial charge in [-0.05, 0) is 0 Å². The van der Waals surface area contributed by atoms with E-state index in [0.717, 1.165) is 0 Å². The SMILES string of the molecule is CN1C(=O)[C@@H]2[C@H](C1=O)[C@H]1[NH2+][C@@H]2c2ccccc21. The molecule has 0 saturated carbocycles. The maximum Gasteiger partial charge on any atom is 0.239 e. The molecule has 2 bridgehead atoms. The summed E-state index contributed by atoms with van der Waals surface area (Å²) in [4.78, 5) is 25.5. The van der Waals surface area contributed by atoms with Crippen LogP contribution in [-0.4, -0.2) is 23.8 Å². The van der Waals surface area contributed by atoms with E-state index in [1.165, 1.54) is 16.0 Å². The second-order valence-electron chi connectivity index (χ2n) is 5.16. The van der Waals surface area contributed by atoms with E-state index in [0.29, 0.717) is 0 Å². The van der Waals surface area contributed by atoms with E-state index in [-0.39, 0.29) is 35.7 Å². The van der Waals surface area contributed by atoms with Crippen molar-refractivity contribution < 1.29 is 14.9 Å². The number of hydrogen-bond donors (Lipinski definition) is 1. The molecule has 2 saturated heterocycles. The highest BCUT2D eigenvalue weighted by atomic mass is 16.2. The second-order valence-corrected chi connectivity index (χ2v) is 5.16. The van der Waals surface area contributed by atoms with Crippen molar-refractivity contribution in [2.45, 2.75) is 12.1 Å².